The average Bonchev–Trinajstić information content (AvgIpc) is 2.17. The lowest BCUT2D eigenvalue weighted by Gasteiger charge is -2.26. The molecule has 0 fully saturated rings. The van der Waals surface area contributed by atoms with E-state index in [1.54, 1.807) is 24.3 Å². The molecule has 1 atom stereocenters. The van der Waals surface area contributed by atoms with E-state index < -0.39 is 0 Å². The minimum absolute atomic E-state index is 0.170. The van der Waals surface area contributed by atoms with E-state index in [-0.39, 0.29) is 11.2 Å². The summed E-state index contributed by atoms with van der Waals surface area (Å²) < 4.78 is 0. The van der Waals surface area contributed by atoms with Gasteiger partial charge in [-0.05, 0) is 35.6 Å². The van der Waals surface area contributed by atoms with Crippen LogP contribution in [0.2, 0.25) is 0 Å². The number of nitrogens with two attached hydrogens (primary N) is 1. The molecule has 0 aliphatic rings. The molecule has 0 heterocycles. The van der Waals surface area contributed by atoms with Crippen molar-refractivity contribution in [2.45, 2.75) is 34.1 Å². The van der Waals surface area contributed by atoms with Gasteiger partial charge in [-0.15, -0.1) is 0 Å². The van der Waals surface area contributed by atoms with Crippen LogP contribution < -0.4 is 5.73 Å². The van der Waals surface area contributed by atoms with E-state index in [4.69, 9.17) is 5.73 Å². The van der Waals surface area contributed by atoms with Gasteiger partial charge in [0.05, 0.1) is 0 Å². The van der Waals surface area contributed by atoms with Crippen LogP contribution in [-0.2, 0) is 0 Å². The summed E-state index contributed by atoms with van der Waals surface area (Å²) in [7, 11) is 0. The van der Waals surface area contributed by atoms with E-state index >= 15 is 0 Å². The first-order valence-electron chi connectivity index (χ1n) is 5.69. The van der Waals surface area contributed by atoms with E-state index in [2.05, 4.69) is 27.7 Å². The van der Waals surface area contributed by atoms with Crippen molar-refractivity contribution in [2.24, 2.45) is 11.3 Å². The molecular weight excluding hydrogens is 198 g/mol. The van der Waals surface area contributed by atoms with Crippen LogP contribution in [0.4, 0.5) is 5.69 Å². The molecule has 2 N–H and O–H groups in total. The van der Waals surface area contributed by atoms with Crippen molar-refractivity contribution in [3.8, 4) is 0 Å². The van der Waals surface area contributed by atoms with Crippen LogP contribution in [0.5, 0.6) is 0 Å². The molecule has 1 aromatic rings. The third kappa shape index (κ3) is 3.37. The number of carbonyl (C=O) groups excluding carboxylic acids is 1. The highest BCUT2D eigenvalue weighted by atomic mass is 16.1. The predicted octanol–water partition coefficient (Wildman–Crippen LogP) is 3.52. The van der Waals surface area contributed by atoms with Crippen molar-refractivity contribution in [3.05, 3.63) is 29.8 Å². The SMILES string of the molecule is CC(CC(=O)c1ccc(N)cc1)C(C)(C)C. The normalized spacial score (nSPS) is 13.5. The maximum absolute atomic E-state index is 12.0. The second-order valence-corrected chi connectivity index (χ2v) is 5.52. The predicted molar refractivity (Wildman–Crippen MR) is 68.4 cm³/mol. The molecule has 0 amide bonds. The summed E-state index contributed by atoms with van der Waals surface area (Å²) in [4.78, 5) is 12.0. The van der Waals surface area contributed by atoms with Gasteiger partial charge in [-0.1, -0.05) is 27.7 Å². The molecule has 1 aromatic carbocycles. The molecule has 0 spiro atoms. The van der Waals surface area contributed by atoms with Gasteiger partial charge in [-0.2, -0.15) is 0 Å². The first-order chi connectivity index (χ1) is 7.30. The Kier molecular flexibility index (Phi) is 3.74. The Bertz CT molecular complexity index is 359. The first-order valence-corrected chi connectivity index (χ1v) is 5.69. The van der Waals surface area contributed by atoms with Crippen LogP contribution >= 0.6 is 0 Å². The van der Waals surface area contributed by atoms with E-state index in [0.29, 0.717) is 18.0 Å². The highest BCUT2D eigenvalue weighted by molar-refractivity contribution is 5.96. The molecule has 0 aliphatic heterocycles. The third-order valence-corrected chi connectivity index (χ3v) is 3.20. The molecule has 0 bridgehead atoms. The minimum Gasteiger partial charge on any atom is -0.399 e. The van der Waals surface area contributed by atoms with Crippen molar-refractivity contribution in [3.63, 3.8) is 0 Å². The molecule has 0 aromatic heterocycles. The summed E-state index contributed by atoms with van der Waals surface area (Å²) in [6.45, 7) is 8.60. The molecule has 1 rings (SSSR count). The summed E-state index contributed by atoms with van der Waals surface area (Å²) >= 11 is 0. The van der Waals surface area contributed by atoms with Gasteiger partial charge in [-0.3, -0.25) is 4.79 Å². The summed E-state index contributed by atoms with van der Waals surface area (Å²) in [5, 5.41) is 0. The number of benzene rings is 1. The Morgan fingerprint density at radius 2 is 1.75 bits per heavy atom. The monoisotopic (exact) mass is 219 g/mol. The van der Waals surface area contributed by atoms with Crippen LogP contribution in [0.15, 0.2) is 24.3 Å². The van der Waals surface area contributed by atoms with Crippen LogP contribution in [0, 0.1) is 11.3 Å². The molecule has 16 heavy (non-hydrogen) atoms. The molecule has 1 unspecified atom stereocenters. The Hall–Kier alpha value is -1.31. The Morgan fingerprint density at radius 3 is 2.19 bits per heavy atom. The molecule has 2 nitrogen and oxygen atoms in total. The van der Waals surface area contributed by atoms with Gasteiger partial charge in [0.25, 0.3) is 0 Å². The van der Waals surface area contributed by atoms with Crippen molar-refractivity contribution in [1.29, 1.82) is 0 Å². The van der Waals surface area contributed by atoms with Crippen molar-refractivity contribution in [1.82, 2.24) is 0 Å². The molecule has 2 heteroatoms. The number of carbonyl (C=O) groups is 1. The van der Waals surface area contributed by atoms with Gasteiger partial charge < -0.3 is 5.73 Å². The van der Waals surface area contributed by atoms with Gasteiger partial charge in [0, 0.05) is 17.7 Å². The zero-order valence-corrected chi connectivity index (χ0v) is 10.6. The largest absolute Gasteiger partial charge is 0.399 e. The van der Waals surface area contributed by atoms with E-state index in [1.807, 2.05) is 0 Å². The summed E-state index contributed by atoms with van der Waals surface area (Å²) in [5.74, 6) is 0.569. The molecule has 0 saturated carbocycles. The minimum atomic E-state index is 0.170. The number of ketones is 1. The Morgan fingerprint density at radius 1 is 1.25 bits per heavy atom. The first kappa shape index (κ1) is 12.8. The second kappa shape index (κ2) is 4.69. The number of nitrogen functional groups attached to an aromatic ring is 1. The smallest absolute Gasteiger partial charge is 0.163 e. The zero-order chi connectivity index (χ0) is 12.3. The fourth-order valence-electron chi connectivity index (χ4n) is 1.37. The summed E-state index contributed by atoms with van der Waals surface area (Å²) in [6.07, 6.45) is 0.591. The Labute approximate surface area is 97.9 Å². The third-order valence-electron chi connectivity index (χ3n) is 3.20. The van der Waals surface area contributed by atoms with Crippen molar-refractivity contribution in [2.75, 3.05) is 5.73 Å². The van der Waals surface area contributed by atoms with E-state index in [1.165, 1.54) is 0 Å². The van der Waals surface area contributed by atoms with E-state index in [9.17, 15) is 4.79 Å². The molecule has 0 radical (unpaired) electrons. The fraction of sp³-hybridized carbons (Fsp3) is 0.500. The molecule has 0 saturated heterocycles. The van der Waals surface area contributed by atoms with Crippen LogP contribution in [0.25, 0.3) is 0 Å². The van der Waals surface area contributed by atoms with Crippen LogP contribution in [0.3, 0.4) is 0 Å². The van der Waals surface area contributed by atoms with Crippen molar-refractivity contribution >= 4 is 11.5 Å². The quantitative estimate of drug-likeness (QED) is 0.624. The van der Waals surface area contributed by atoms with Crippen LogP contribution in [-0.4, -0.2) is 5.78 Å². The maximum atomic E-state index is 12.0. The standard InChI is InChI=1S/C14H21NO/c1-10(14(2,3)4)9-13(16)11-5-7-12(15)8-6-11/h5-8,10H,9,15H2,1-4H3. The zero-order valence-electron chi connectivity index (χ0n) is 10.6. The summed E-state index contributed by atoms with van der Waals surface area (Å²) in [5.41, 5.74) is 7.21. The lowest BCUT2D eigenvalue weighted by molar-refractivity contribution is 0.0927. The second-order valence-electron chi connectivity index (χ2n) is 5.52. The summed E-state index contributed by atoms with van der Waals surface area (Å²) in [6, 6.07) is 7.14. The van der Waals surface area contributed by atoms with E-state index in [0.717, 1.165) is 5.56 Å². The number of hydrogen-bond acceptors (Lipinski definition) is 2. The number of Topliss-reactive ketones (excluding diaryl/α,β-unsaturated/α-hetero) is 1. The average molecular weight is 219 g/mol. The Balaban J connectivity index is 2.70. The maximum Gasteiger partial charge on any atom is 0.163 e. The number of anilines is 1. The van der Waals surface area contributed by atoms with Gasteiger partial charge in [0.2, 0.25) is 0 Å². The molecule has 0 aliphatic carbocycles. The number of rotatable bonds is 3. The lowest BCUT2D eigenvalue weighted by atomic mass is 9.78. The number of hydrogen-bond donors (Lipinski definition) is 1. The van der Waals surface area contributed by atoms with Gasteiger partial charge in [-0.25, -0.2) is 0 Å². The van der Waals surface area contributed by atoms with Gasteiger partial charge in [0.15, 0.2) is 5.78 Å². The molecule has 88 valence electrons. The van der Waals surface area contributed by atoms with Gasteiger partial charge in [0.1, 0.15) is 0 Å². The lowest BCUT2D eigenvalue weighted by Crippen LogP contribution is -2.20. The fourth-order valence-corrected chi connectivity index (χ4v) is 1.37. The van der Waals surface area contributed by atoms with Gasteiger partial charge >= 0.3 is 0 Å². The van der Waals surface area contributed by atoms with Crippen LogP contribution in [0.1, 0.15) is 44.5 Å². The molecular formula is C14H21NO. The van der Waals surface area contributed by atoms with Crippen molar-refractivity contribution < 1.29 is 4.79 Å². The topological polar surface area (TPSA) is 43.1 Å². The highest BCUT2D eigenvalue weighted by Gasteiger charge is 2.22. The highest BCUT2D eigenvalue weighted by Crippen LogP contribution is 2.29.